The third kappa shape index (κ3) is 7.55. The summed E-state index contributed by atoms with van der Waals surface area (Å²) in [4.78, 5) is 2.37. The normalized spacial score (nSPS) is 11.7. The third-order valence-electron chi connectivity index (χ3n) is 7.03. The van der Waals surface area contributed by atoms with E-state index in [1.807, 2.05) is 86.3 Å². The molecule has 0 atom stereocenters. The van der Waals surface area contributed by atoms with Gasteiger partial charge in [-0.3, -0.25) is 4.18 Å². The van der Waals surface area contributed by atoms with Crippen LogP contribution in [0.2, 0.25) is 0 Å². The minimum atomic E-state index is -3.89. The van der Waals surface area contributed by atoms with E-state index in [1.54, 1.807) is 48.5 Å². The molecule has 0 N–H and O–H groups in total. The van der Waals surface area contributed by atoms with Crippen LogP contribution < -0.4 is 9.64 Å². The number of ether oxygens (including phenoxy) is 1. The molecule has 44 heavy (non-hydrogen) atoms. The highest BCUT2D eigenvalue weighted by Gasteiger charge is 2.18. The quantitative estimate of drug-likeness (QED) is 0.138. The number of nitrogens with zero attached hydrogens (tertiary/aromatic N) is 1. The van der Waals surface area contributed by atoms with Crippen molar-refractivity contribution in [3.8, 4) is 5.75 Å². The first kappa shape index (κ1) is 31.0. The molecule has 0 bridgehead atoms. The van der Waals surface area contributed by atoms with Crippen molar-refractivity contribution >= 4 is 37.0 Å². The standard InChI is InChI=1S/C35H33NO6S2/c1-26-4-12-30(13-5-26)36(31-14-10-29(11-15-31)24-42-44(39,40)35-22-8-28(3)9-23-35)32-16-18-33(19-17-32)41-25-43(37,38)34-20-6-27(2)7-21-34/h4-23H,24-25H2,1-3H3. The van der Waals surface area contributed by atoms with Crippen LogP contribution in [0.25, 0.3) is 0 Å². The van der Waals surface area contributed by atoms with E-state index in [-0.39, 0.29) is 16.4 Å². The van der Waals surface area contributed by atoms with Gasteiger partial charge in [-0.25, -0.2) is 8.42 Å². The lowest BCUT2D eigenvalue weighted by atomic mass is 10.1. The average Bonchev–Trinajstić information content (AvgIpc) is 3.02. The molecule has 0 radical (unpaired) electrons. The molecule has 0 heterocycles. The van der Waals surface area contributed by atoms with Gasteiger partial charge in [-0.05, 0) is 99.1 Å². The van der Waals surface area contributed by atoms with Crippen LogP contribution in [0.15, 0.2) is 131 Å². The highest BCUT2D eigenvalue weighted by atomic mass is 32.2. The largest absolute Gasteiger partial charge is 0.477 e. The molecule has 0 aromatic heterocycles. The van der Waals surface area contributed by atoms with Crippen molar-refractivity contribution in [2.24, 2.45) is 0 Å². The lowest BCUT2D eigenvalue weighted by molar-refractivity contribution is 0.308. The second-order valence-electron chi connectivity index (χ2n) is 10.6. The molecule has 226 valence electrons. The van der Waals surface area contributed by atoms with Crippen molar-refractivity contribution in [1.82, 2.24) is 0 Å². The van der Waals surface area contributed by atoms with Gasteiger partial charge >= 0.3 is 0 Å². The lowest BCUT2D eigenvalue weighted by Crippen LogP contribution is -2.13. The molecular weight excluding hydrogens is 595 g/mol. The molecular formula is C35H33NO6S2. The summed E-state index contributed by atoms with van der Waals surface area (Å²) >= 11 is 0. The molecule has 5 aromatic carbocycles. The Morgan fingerprint density at radius 2 is 0.932 bits per heavy atom. The van der Waals surface area contributed by atoms with Crippen LogP contribution in [0.1, 0.15) is 22.3 Å². The fourth-order valence-electron chi connectivity index (χ4n) is 4.45. The van der Waals surface area contributed by atoms with Crippen molar-refractivity contribution in [2.45, 2.75) is 37.2 Å². The average molecular weight is 628 g/mol. The highest BCUT2D eigenvalue weighted by molar-refractivity contribution is 7.91. The Labute approximate surface area is 259 Å². The Morgan fingerprint density at radius 3 is 1.43 bits per heavy atom. The van der Waals surface area contributed by atoms with Crippen LogP contribution >= 0.6 is 0 Å². The van der Waals surface area contributed by atoms with E-state index in [0.717, 1.165) is 33.8 Å². The summed E-state index contributed by atoms with van der Waals surface area (Å²) in [5.41, 5.74) is 6.35. The fourth-order valence-corrected chi connectivity index (χ4v) is 6.33. The van der Waals surface area contributed by atoms with Gasteiger partial charge in [0, 0.05) is 17.1 Å². The Balaban J connectivity index is 1.33. The van der Waals surface area contributed by atoms with Gasteiger partial charge in [0.1, 0.15) is 5.75 Å². The number of sulfone groups is 1. The minimum Gasteiger partial charge on any atom is -0.477 e. The number of aryl methyl sites for hydroxylation is 3. The van der Waals surface area contributed by atoms with Crippen LogP contribution in [0.5, 0.6) is 5.75 Å². The summed E-state index contributed by atoms with van der Waals surface area (Å²) in [6, 6.07) is 35.9. The third-order valence-corrected chi connectivity index (χ3v) is 9.73. The Hall–Kier alpha value is -4.44. The van der Waals surface area contributed by atoms with Gasteiger partial charge in [0.2, 0.25) is 9.84 Å². The van der Waals surface area contributed by atoms with Gasteiger partial charge in [0.15, 0.2) is 5.94 Å². The van der Waals surface area contributed by atoms with Crippen LogP contribution in [-0.2, 0) is 30.7 Å². The van der Waals surface area contributed by atoms with Crippen LogP contribution in [0, 0.1) is 20.8 Å². The molecule has 0 aliphatic carbocycles. The first-order chi connectivity index (χ1) is 21.0. The summed E-state index contributed by atoms with van der Waals surface area (Å²) in [5.74, 6) is -0.0455. The number of anilines is 3. The molecule has 7 nitrogen and oxygen atoms in total. The number of hydrogen-bond donors (Lipinski definition) is 0. The second kappa shape index (κ2) is 13.1. The zero-order valence-electron chi connectivity index (χ0n) is 24.7. The van der Waals surface area contributed by atoms with E-state index in [1.165, 1.54) is 12.1 Å². The second-order valence-corrected chi connectivity index (χ2v) is 14.1. The zero-order chi connectivity index (χ0) is 31.3. The molecule has 0 saturated carbocycles. The highest BCUT2D eigenvalue weighted by Crippen LogP contribution is 2.35. The fraction of sp³-hybridized carbons (Fsp3) is 0.143. The molecule has 0 fully saturated rings. The van der Waals surface area contributed by atoms with Crippen LogP contribution in [-0.4, -0.2) is 22.8 Å². The van der Waals surface area contributed by atoms with Crippen molar-refractivity contribution in [1.29, 1.82) is 0 Å². The molecule has 0 amide bonds. The summed E-state index contributed by atoms with van der Waals surface area (Å²) in [6.45, 7) is 5.71. The monoisotopic (exact) mass is 627 g/mol. The zero-order valence-corrected chi connectivity index (χ0v) is 26.3. The van der Waals surface area contributed by atoms with Crippen LogP contribution in [0.4, 0.5) is 17.1 Å². The van der Waals surface area contributed by atoms with Crippen molar-refractivity contribution in [3.63, 3.8) is 0 Å². The molecule has 0 aliphatic heterocycles. The number of benzene rings is 5. The van der Waals surface area contributed by atoms with Crippen molar-refractivity contribution < 1.29 is 25.8 Å². The van der Waals surface area contributed by atoms with E-state index in [4.69, 9.17) is 8.92 Å². The molecule has 9 heteroatoms. The SMILES string of the molecule is Cc1ccc(N(c2ccc(COS(=O)(=O)c3ccc(C)cc3)cc2)c2ccc(OCS(=O)(=O)c3ccc(C)cc3)cc2)cc1. The summed E-state index contributed by atoms with van der Waals surface area (Å²) in [5, 5.41) is 0. The smallest absolute Gasteiger partial charge is 0.297 e. The summed E-state index contributed by atoms with van der Waals surface area (Å²) < 4.78 is 61.7. The predicted molar refractivity (Wildman–Crippen MR) is 173 cm³/mol. The topological polar surface area (TPSA) is 90.0 Å². The van der Waals surface area contributed by atoms with Gasteiger partial charge in [-0.2, -0.15) is 8.42 Å². The van der Waals surface area contributed by atoms with Gasteiger partial charge in [-0.1, -0.05) is 65.2 Å². The molecule has 0 saturated heterocycles. The summed E-state index contributed by atoms with van der Waals surface area (Å²) in [7, 11) is -7.50. The Bertz CT molecular complexity index is 1800. The first-order valence-electron chi connectivity index (χ1n) is 13.9. The van der Waals surface area contributed by atoms with E-state index in [2.05, 4.69) is 0 Å². The molecule has 0 unspecified atom stereocenters. The minimum absolute atomic E-state index is 0.0987. The lowest BCUT2D eigenvalue weighted by Gasteiger charge is -2.26. The molecule has 0 aliphatic rings. The van der Waals surface area contributed by atoms with E-state index >= 15 is 0 Å². The molecule has 0 spiro atoms. The van der Waals surface area contributed by atoms with Gasteiger partial charge < -0.3 is 9.64 Å². The van der Waals surface area contributed by atoms with E-state index in [0.29, 0.717) is 11.3 Å². The Kier molecular flexibility index (Phi) is 9.20. The van der Waals surface area contributed by atoms with Crippen LogP contribution in [0.3, 0.4) is 0 Å². The molecule has 5 aromatic rings. The first-order valence-corrected chi connectivity index (χ1v) is 17.0. The maximum atomic E-state index is 12.7. The van der Waals surface area contributed by atoms with E-state index < -0.39 is 25.9 Å². The maximum absolute atomic E-state index is 12.7. The molecule has 5 rings (SSSR count). The van der Waals surface area contributed by atoms with E-state index in [9.17, 15) is 16.8 Å². The Morgan fingerprint density at radius 1 is 0.523 bits per heavy atom. The maximum Gasteiger partial charge on any atom is 0.297 e. The van der Waals surface area contributed by atoms with Gasteiger partial charge in [0.25, 0.3) is 10.1 Å². The number of hydrogen-bond acceptors (Lipinski definition) is 7. The van der Waals surface area contributed by atoms with Crippen molar-refractivity contribution in [3.05, 3.63) is 144 Å². The van der Waals surface area contributed by atoms with Gasteiger partial charge in [-0.15, -0.1) is 0 Å². The van der Waals surface area contributed by atoms with Crippen molar-refractivity contribution in [2.75, 3.05) is 10.8 Å². The van der Waals surface area contributed by atoms with Gasteiger partial charge in [0.05, 0.1) is 16.4 Å². The summed E-state index contributed by atoms with van der Waals surface area (Å²) in [6.07, 6.45) is 0. The predicted octanol–water partition coefficient (Wildman–Crippen LogP) is 7.80. The number of rotatable bonds is 11.